The molecule has 0 saturated carbocycles. The standard InChI is InChI=1S/2C4H6O2.C3H6O/c2*1-3(2)4(5)6;1-3(2)4/h2*1H2,2H3,(H,5,6);1-2H3. The molecule has 16 heavy (non-hydrogen) atoms. The minimum absolute atomic E-state index is 0.167. The first-order valence-corrected chi connectivity index (χ1v) is 4.27. The van der Waals surface area contributed by atoms with E-state index in [4.69, 9.17) is 10.2 Å². The van der Waals surface area contributed by atoms with E-state index in [1.165, 1.54) is 27.7 Å². The highest BCUT2D eigenvalue weighted by Crippen LogP contribution is 1.81. The van der Waals surface area contributed by atoms with E-state index in [0.717, 1.165) is 0 Å². The smallest absolute Gasteiger partial charge is 0.330 e. The molecule has 0 fully saturated rings. The third kappa shape index (κ3) is 40.1. The molecular weight excluding hydrogens is 212 g/mol. The Hall–Kier alpha value is -1.91. The van der Waals surface area contributed by atoms with Crippen LogP contribution in [0.2, 0.25) is 0 Å². The van der Waals surface area contributed by atoms with Gasteiger partial charge in [0.05, 0.1) is 0 Å². The SMILES string of the molecule is C=C(C)C(=O)O.C=C(C)C(=O)O.CC(C)=O. The van der Waals surface area contributed by atoms with Crippen LogP contribution in [0.1, 0.15) is 27.7 Å². The molecule has 0 unspecified atom stereocenters. The second kappa shape index (κ2) is 11.2. The zero-order chi connectivity index (χ0) is 13.9. The lowest BCUT2D eigenvalue weighted by atomic mass is 10.4. The number of carbonyl (C=O) groups excluding carboxylic acids is 1. The van der Waals surface area contributed by atoms with Crippen LogP contribution in [0.15, 0.2) is 24.3 Å². The lowest BCUT2D eigenvalue weighted by Crippen LogP contribution is -1.92. The molecule has 2 N–H and O–H groups in total. The molecule has 0 aromatic rings. The Morgan fingerprint density at radius 1 is 0.750 bits per heavy atom. The number of carboxylic acid groups (broad SMARTS) is 2. The van der Waals surface area contributed by atoms with E-state index in [-0.39, 0.29) is 16.9 Å². The zero-order valence-corrected chi connectivity index (χ0v) is 10.0. The molecule has 0 radical (unpaired) electrons. The van der Waals surface area contributed by atoms with Gasteiger partial charge in [0.2, 0.25) is 0 Å². The highest BCUT2D eigenvalue weighted by Gasteiger charge is 1.90. The Morgan fingerprint density at radius 3 is 0.812 bits per heavy atom. The van der Waals surface area contributed by atoms with Gasteiger partial charge in [0.1, 0.15) is 5.78 Å². The number of hydrogen-bond donors (Lipinski definition) is 2. The highest BCUT2D eigenvalue weighted by molar-refractivity contribution is 5.85. The average Bonchev–Trinajstić information content (AvgIpc) is 2.03. The minimum atomic E-state index is -0.935. The van der Waals surface area contributed by atoms with Crippen molar-refractivity contribution in [1.29, 1.82) is 0 Å². The van der Waals surface area contributed by atoms with Gasteiger partial charge in [0.15, 0.2) is 0 Å². The van der Waals surface area contributed by atoms with Crippen LogP contribution in [0.25, 0.3) is 0 Å². The van der Waals surface area contributed by atoms with E-state index in [2.05, 4.69) is 13.2 Å². The van der Waals surface area contributed by atoms with Gasteiger partial charge in [-0.1, -0.05) is 13.2 Å². The number of rotatable bonds is 2. The van der Waals surface area contributed by atoms with Crippen molar-refractivity contribution in [3.63, 3.8) is 0 Å². The zero-order valence-electron chi connectivity index (χ0n) is 10.0. The summed E-state index contributed by atoms with van der Waals surface area (Å²) in [5, 5.41) is 15.8. The van der Waals surface area contributed by atoms with Gasteiger partial charge in [0.25, 0.3) is 0 Å². The topological polar surface area (TPSA) is 91.7 Å². The Kier molecular flexibility index (Phi) is 13.7. The van der Waals surface area contributed by atoms with Gasteiger partial charge in [0, 0.05) is 11.1 Å². The molecule has 5 nitrogen and oxygen atoms in total. The summed E-state index contributed by atoms with van der Waals surface area (Å²) in [7, 11) is 0. The molecule has 0 aliphatic carbocycles. The summed E-state index contributed by atoms with van der Waals surface area (Å²) in [6.07, 6.45) is 0. The first-order valence-electron chi connectivity index (χ1n) is 4.27. The predicted molar refractivity (Wildman–Crippen MR) is 61.3 cm³/mol. The molecule has 0 aliphatic heterocycles. The number of aliphatic carboxylic acids is 2. The lowest BCUT2D eigenvalue weighted by molar-refractivity contribution is -0.133. The van der Waals surface area contributed by atoms with Gasteiger partial charge in [-0.2, -0.15) is 0 Å². The monoisotopic (exact) mass is 230 g/mol. The van der Waals surface area contributed by atoms with Crippen LogP contribution in [0.4, 0.5) is 0 Å². The second-order valence-corrected chi connectivity index (χ2v) is 3.08. The average molecular weight is 230 g/mol. The van der Waals surface area contributed by atoms with E-state index in [1.54, 1.807) is 0 Å². The number of hydrogen-bond acceptors (Lipinski definition) is 3. The Labute approximate surface area is 95.1 Å². The predicted octanol–water partition coefficient (Wildman–Crippen LogP) is 1.89. The summed E-state index contributed by atoms with van der Waals surface area (Å²) < 4.78 is 0. The normalized spacial score (nSPS) is 7.25. The van der Waals surface area contributed by atoms with Crippen LogP contribution in [0, 0.1) is 0 Å². The van der Waals surface area contributed by atoms with Crippen LogP contribution in [0.3, 0.4) is 0 Å². The quantitative estimate of drug-likeness (QED) is 0.707. The van der Waals surface area contributed by atoms with Crippen LogP contribution in [-0.2, 0) is 14.4 Å². The highest BCUT2D eigenvalue weighted by atomic mass is 16.4. The van der Waals surface area contributed by atoms with E-state index in [1.807, 2.05) is 0 Å². The summed E-state index contributed by atoms with van der Waals surface area (Å²) in [4.78, 5) is 28.6. The van der Waals surface area contributed by atoms with Crippen LogP contribution in [-0.4, -0.2) is 27.9 Å². The summed E-state index contributed by atoms with van der Waals surface area (Å²) >= 11 is 0. The maximum Gasteiger partial charge on any atom is 0.330 e. The van der Waals surface area contributed by atoms with Gasteiger partial charge >= 0.3 is 11.9 Å². The van der Waals surface area contributed by atoms with Gasteiger partial charge in [-0.3, -0.25) is 0 Å². The lowest BCUT2D eigenvalue weighted by Gasteiger charge is -1.79. The van der Waals surface area contributed by atoms with E-state index >= 15 is 0 Å². The van der Waals surface area contributed by atoms with Crippen molar-refractivity contribution in [2.24, 2.45) is 0 Å². The van der Waals surface area contributed by atoms with Gasteiger partial charge in [-0.25, -0.2) is 9.59 Å². The molecule has 0 aromatic carbocycles. The molecule has 0 spiro atoms. The third-order valence-corrected chi connectivity index (χ3v) is 0.730. The third-order valence-electron chi connectivity index (χ3n) is 0.730. The number of carboxylic acids is 2. The Balaban J connectivity index is -0.000000162. The summed E-state index contributed by atoms with van der Waals surface area (Å²) in [5.74, 6) is -1.70. The van der Waals surface area contributed by atoms with Gasteiger partial charge in [-0.05, 0) is 27.7 Å². The van der Waals surface area contributed by atoms with Crippen molar-refractivity contribution in [2.45, 2.75) is 27.7 Å². The molecule has 0 rings (SSSR count). The van der Waals surface area contributed by atoms with E-state index in [9.17, 15) is 14.4 Å². The van der Waals surface area contributed by atoms with Crippen LogP contribution in [0.5, 0.6) is 0 Å². The minimum Gasteiger partial charge on any atom is -0.478 e. The fraction of sp³-hybridized carbons (Fsp3) is 0.364. The van der Waals surface area contributed by atoms with E-state index in [0.29, 0.717) is 0 Å². The summed E-state index contributed by atoms with van der Waals surface area (Å²) in [6, 6.07) is 0. The van der Waals surface area contributed by atoms with Gasteiger partial charge < -0.3 is 15.0 Å². The van der Waals surface area contributed by atoms with Crippen molar-refractivity contribution in [3.8, 4) is 0 Å². The fourth-order valence-corrected chi connectivity index (χ4v) is 0. The maximum atomic E-state index is 9.60. The molecule has 0 heterocycles. The number of carbonyl (C=O) groups is 3. The molecule has 0 aliphatic rings. The molecule has 0 atom stereocenters. The van der Waals surface area contributed by atoms with Crippen molar-refractivity contribution < 1.29 is 24.6 Å². The maximum absolute atomic E-state index is 9.60. The van der Waals surface area contributed by atoms with E-state index < -0.39 is 11.9 Å². The molecule has 0 saturated heterocycles. The molecule has 0 amide bonds. The Morgan fingerprint density at radius 2 is 0.812 bits per heavy atom. The van der Waals surface area contributed by atoms with Crippen LogP contribution >= 0.6 is 0 Å². The van der Waals surface area contributed by atoms with Crippen molar-refractivity contribution in [3.05, 3.63) is 24.3 Å². The van der Waals surface area contributed by atoms with Gasteiger partial charge in [-0.15, -0.1) is 0 Å². The second-order valence-electron chi connectivity index (χ2n) is 3.08. The molecule has 0 bridgehead atoms. The number of Topliss-reactive ketones (excluding diaryl/α,β-unsaturated/α-hetero) is 1. The first kappa shape index (κ1) is 19.6. The summed E-state index contributed by atoms with van der Waals surface area (Å²) in [5.41, 5.74) is 0.352. The fourth-order valence-electron chi connectivity index (χ4n) is 0. The van der Waals surface area contributed by atoms with Crippen molar-refractivity contribution in [1.82, 2.24) is 0 Å². The summed E-state index contributed by atoms with van der Waals surface area (Å²) in [6.45, 7) is 12.3. The largest absolute Gasteiger partial charge is 0.478 e. The molecule has 0 aromatic heterocycles. The van der Waals surface area contributed by atoms with Crippen molar-refractivity contribution in [2.75, 3.05) is 0 Å². The molecular formula is C11H18O5. The number of ketones is 1. The van der Waals surface area contributed by atoms with Crippen molar-refractivity contribution >= 4 is 17.7 Å². The molecule has 5 heteroatoms. The Bertz CT molecular complexity index is 237. The van der Waals surface area contributed by atoms with Crippen LogP contribution < -0.4 is 0 Å². The first-order chi connectivity index (χ1) is 7.02. The molecule has 92 valence electrons.